The zero-order valence-electron chi connectivity index (χ0n) is 14.4. The van der Waals surface area contributed by atoms with E-state index in [-0.39, 0.29) is 12.1 Å². The number of aryl methyl sites for hydroxylation is 1. The second-order valence-corrected chi connectivity index (χ2v) is 7.34. The number of halogens is 3. The average molecular weight is 383 g/mol. The molecule has 1 aromatic heterocycles. The fraction of sp³-hybridized carbons (Fsp3) is 0.444. The van der Waals surface area contributed by atoms with Gasteiger partial charge < -0.3 is 0 Å². The van der Waals surface area contributed by atoms with Crippen molar-refractivity contribution in [1.82, 2.24) is 9.36 Å². The van der Waals surface area contributed by atoms with Crippen LogP contribution < -0.4 is 5.56 Å². The third kappa shape index (κ3) is 4.06. The molecule has 140 valence electrons. The van der Waals surface area contributed by atoms with Gasteiger partial charge in [0.25, 0.3) is 5.56 Å². The summed E-state index contributed by atoms with van der Waals surface area (Å²) in [6, 6.07) is 4.99. The summed E-state index contributed by atoms with van der Waals surface area (Å²) >= 11 is 1.46. The molecular formula is C18H20F3N3OS. The number of alkyl halides is 3. The number of rotatable bonds is 4. The predicted molar refractivity (Wildman–Crippen MR) is 97.7 cm³/mol. The van der Waals surface area contributed by atoms with Gasteiger partial charge in [-0.15, -0.1) is 11.8 Å². The van der Waals surface area contributed by atoms with Gasteiger partial charge in [0, 0.05) is 24.8 Å². The molecule has 0 radical (unpaired) electrons. The van der Waals surface area contributed by atoms with E-state index >= 15 is 0 Å². The van der Waals surface area contributed by atoms with E-state index in [0.29, 0.717) is 16.2 Å². The molecule has 26 heavy (non-hydrogen) atoms. The van der Waals surface area contributed by atoms with Gasteiger partial charge in [0.15, 0.2) is 0 Å². The van der Waals surface area contributed by atoms with Crippen LogP contribution in [0.25, 0.3) is 0 Å². The molecule has 8 heteroatoms. The summed E-state index contributed by atoms with van der Waals surface area (Å²) in [7, 11) is 0. The fourth-order valence-corrected chi connectivity index (χ4v) is 3.69. The molecule has 1 aliphatic rings. The van der Waals surface area contributed by atoms with Gasteiger partial charge in [-0.2, -0.15) is 13.2 Å². The second-order valence-electron chi connectivity index (χ2n) is 6.08. The van der Waals surface area contributed by atoms with Gasteiger partial charge >= 0.3 is 6.18 Å². The Kier molecular flexibility index (Phi) is 5.60. The maximum Gasteiger partial charge on any atom is 0.416 e. The number of fused-ring (bicyclic) bond motifs is 1. The standard InChI is InChI=1S/C18H20F3N3OS/c1-2-26-16(13-5-7-15(8-6-13)18(19,20)21)22-11-14-12-23-9-3-4-10-24(23)17(14)25/h5-8,12H,2-4,9-11H2,1H3. The molecular weight excluding hydrogens is 363 g/mol. The van der Waals surface area contributed by atoms with Crippen molar-refractivity contribution in [2.45, 2.75) is 45.6 Å². The number of nitrogens with zero attached hydrogens (tertiary/aromatic N) is 3. The maximum absolute atomic E-state index is 12.7. The molecule has 0 amide bonds. The van der Waals surface area contributed by atoms with Crippen LogP contribution in [0.3, 0.4) is 0 Å². The lowest BCUT2D eigenvalue weighted by Gasteiger charge is -2.16. The highest BCUT2D eigenvalue weighted by Crippen LogP contribution is 2.29. The summed E-state index contributed by atoms with van der Waals surface area (Å²) < 4.78 is 41.8. The van der Waals surface area contributed by atoms with Gasteiger partial charge in [0.2, 0.25) is 0 Å². The molecule has 0 saturated heterocycles. The van der Waals surface area contributed by atoms with Crippen LogP contribution in [0.2, 0.25) is 0 Å². The molecule has 0 spiro atoms. The third-order valence-corrected chi connectivity index (χ3v) is 5.19. The van der Waals surface area contributed by atoms with Crippen molar-refractivity contribution in [2.24, 2.45) is 4.99 Å². The highest BCUT2D eigenvalue weighted by Gasteiger charge is 2.30. The Balaban J connectivity index is 1.84. The molecule has 1 aliphatic heterocycles. The highest BCUT2D eigenvalue weighted by molar-refractivity contribution is 8.14. The minimum Gasteiger partial charge on any atom is -0.289 e. The molecule has 2 aromatic rings. The van der Waals surface area contributed by atoms with Gasteiger partial charge in [0.05, 0.1) is 22.7 Å². The van der Waals surface area contributed by atoms with E-state index < -0.39 is 11.7 Å². The normalized spacial score (nSPS) is 15.2. The first-order valence-electron chi connectivity index (χ1n) is 8.54. The lowest BCUT2D eigenvalue weighted by Crippen LogP contribution is -2.27. The zero-order valence-corrected chi connectivity index (χ0v) is 15.2. The number of aromatic nitrogens is 2. The van der Waals surface area contributed by atoms with Crippen molar-refractivity contribution in [2.75, 3.05) is 5.75 Å². The van der Waals surface area contributed by atoms with Crippen LogP contribution in [-0.4, -0.2) is 20.2 Å². The summed E-state index contributed by atoms with van der Waals surface area (Å²) in [4.78, 5) is 16.9. The molecule has 0 N–H and O–H groups in total. The predicted octanol–water partition coefficient (Wildman–Crippen LogP) is 4.16. The van der Waals surface area contributed by atoms with E-state index in [4.69, 9.17) is 0 Å². The van der Waals surface area contributed by atoms with Crippen molar-refractivity contribution in [3.63, 3.8) is 0 Å². The first kappa shape index (κ1) is 18.8. The van der Waals surface area contributed by atoms with Crippen LogP contribution in [0.4, 0.5) is 13.2 Å². The van der Waals surface area contributed by atoms with E-state index in [1.54, 1.807) is 4.68 Å². The smallest absolute Gasteiger partial charge is 0.289 e. The molecule has 2 heterocycles. The molecule has 0 bridgehead atoms. The Morgan fingerprint density at radius 2 is 1.88 bits per heavy atom. The van der Waals surface area contributed by atoms with Gasteiger partial charge in [0.1, 0.15) is 0 Å². The Bertz CT molecular complexity index is 850. The van der Waals surface area contributed by atoms with Crippen LogP contribution in [0.1, 0.15) is 36.5 Å². The maximum atomic E-state index is 12.7. The molecule has 3 rings (SSSR count). The summed E-state index contributed by atoms with van der Waals surface area (Å²) in [5.41, 5.74) is 0.545. The van der Waals surface area contributed by atoms with Crippen LogP contribution in [0, 0.1) is 0 Å². The minimum atomic E-state index is -4.35. The molecule has 4 nitrogen and oxygen atoms in total. The quantitative estimate of drug-likeness (QED) is 0.587. The van der Waals surface area contributed by atoms with Crippen LogP contribution in [-0.2, 0) is 25.8 Å². The number of aliphatic imine (C=N–C) groups is 1. The van der Waals surface area contributed by atoms with Crippen molar-refractivity contribution in [1.29, 1.82) is 0 Å². The summed E-state index contributed by atoms with van der Waals surface area (Å²) in [6.45, 7) is 3.73. The zero-order chi connectivity index (χ0) is 18.7. The molecule has 0 atom stereocenters. The van der Waals surface area contributed by atoms with E-state index in [1.807, 2.05) is 17.8 Å². The van der Waals surface area contributed by atoms with Gasteiger partial charge in [-0.1, -0.05) is 19.1 Å². The number of hydrogen-bond donors (Lipinski definition) is 0. The van der Waals surface area contributed by atoms with Crippen LogP contribution >= 0.6 is 11.8 Å². The van der Waals surface area contributed by atoms with Gasteiger partial charge in [-0.3, -0.25) is 19.2 Å². The highest BCUT2D eigenvalue weighted by atomic mass is 32.2. The summed E-state index contributed by atoms with van der Waals surface area (Å²) in [5, 5.41) is 0.648. The Morgan fingerprint density at radius 1 is 1.19 bits per heavy atom. The number of thioether (sulfide) groups is 1. The van der Waals surface area contributed by atoms with Gasteiger partial charge in [-0.05, 0) is 30.7 Å². The fourth-order valence-electron chi connectivity index (χ4n) is 2.96. The Morgan fingerprint density at radius 3 is 2.50 bits per heavy atom. The van der Waals surface area contributed by atoms with E-state index in [0.717, 1.165) is 43.8 Å². The average Bonchev–Trinajstić information content (AvgIpc) is 2.94. The first-order valence-corrected chi connectivity index (χ1v) is 9.52. The number of benzene rings is 1. The topological polar surface area (TPSA) is 39.3 Å². The Hall–Kier alpha value is -1.96. The van der Waals surface area contributed by atoms with Crippen LogP contribution in [0.15, 0.2) is 40.2 Å². The lowest BCUT2D eigenvalue weighted by atomic mass is 10.1. The third-order valence-electron chi connectivity index (χ3n) is 4.26. The van der Waals surface area contributed by atoms with Crippen molar-refractivity contribution < 1.29 is 13.2 Å². The lowest BCUT2D eigenvalue weighted by molar-refractivity contribution is -0.137. The van der Waals surface area contributed by atoms with E-state index in [1.165, 1.54) is 23.9 Å². The van der Waals surface area contributed by atoms with Crippen molar-refractivity contribution in [3.8, 4) is 0 Å². The number of hydrogen-bond acceptors (Lipinski definition) is 3. The largest absolute Gasteiger partial charge is 0.416 e. The Labute approximate surface area is 153 Å². The monoisotopic (exact) mass is 383 g/mol. The second kappa shape index (κ2) is 7.73. The molecule has 0 saturated carbocycles. The molecule has 0 unspecified atom stereocenters. The summed E-state index contributed by atoms with van der Waals surface area (Å²) in [5.74, 6) is 0.741. The van der Waals surface area contributed by atoms with Crippen molar-refractivity contribution in [3.05, 3.63) is 57.5 Å². The minimum absolute atomic E-state index is 0.0262. The van der Waals surface area contributed by atoms with E-state index in [2.05, 4.69) is 4.99 Å². The van der Waals surface area contributed by atoms with Gasteiger partial charge in [-0.25, -0.2) is 0 Å². The van der Waals surface area contributed by atoms with Crippen LogP contribution in [0.5, 0.6) is 0 Å². The summed E-state index contributed by atoms with van der Waals surface area (Å²) in [6.07, 6.45) is -0.464. The first-order chi connectivity index (χ1) is 12.4. The molecule has 0 aliphatic carbocycles. The van der Waals surface area contributed by atoms with Crippen molar-refractivity contribution >= 4 is 16.8 Å². The molecule has 1 aromatic carbocycles. The van der Waals surface area contributed by atoms with E-state index in [9.17, 15) is 18.0 Å². The SMILES string of the molecule is CCSC(=NCc1cn2n(c1=O)CCCC2)c1ccc(C(F)(F)F)cc1. The molecule has 0 fully saturated rings.